The third kappa shape index (κ3) is 6.00. The molecule has 0 N–H and O–H groups in total. The Labute approximate surface area is 121 Å². The highest BCUT2D eigenvalue weighted by Gasteiger charge is 2.11. The molecule has 0 unspecified atom stereocenters. The second kappa shape index (κ2) is 9.29. The lowest BCUT2D eigenvalue weighted by Gasteiger charge is -2.06. The Hall–Kier alpha value is -1.64. The van der Waals surface area contributed by atoms with E-state index in [1.165, 1.54) is 0 Å². The van der Waals surface area contributed by atoms with Crippen molar-refractivity contribution in [3.05, 3.63) is 29.8 Å². The van der Waals surface area contributed by atoms with E-state index in [1.54, 1.807) is 24.3 Å². The molecule has 0 bridgehead atoms. The number of carbonyl (C=O) groups excluding carboxylic acids is 2. The normalized spacial score (nSPS) is 10.3. The highest BCUT2D eigenvalue weighted by atomic mass is 16.5. The summed E-state index contributed by atoms with van der Waals surface area (Å²) in [5.74, 6) is 0.693. The summed E-state index contributed by atoms with van der Waals surface area (Å²) in [6.45, 7) is 4.84. The van der Waals surface area contributed by atoms with Crippen LogP contribution >= 0.6 is 0 Å². The first kappa shape index (κ1) is 16.4. The first-order chi connectivity index (χ1) is 9.67. The third-order valence-electron chi connectivity index (χ3n) is 3.11. The summed E-state index contributed by atoms with van der Waals surface area (Å²) < 4.78 is 5.54. The van der Waals surface area contributed by atoms with Crippen LogP contribution in [-0.2, 0) is 4.79 Å². The number of unbranched alkanes of at least 4 members (excludes halogenated alkanes) is 2. The van der Waals surface area contributed by atoms with Crippen LogP contribution in [0.1, 0.15) is 62.7 Å². The monoisotopic (exact) mass is 276 g/mol. The van der Waals surface area contributed by atoms with Crippen molar-refractivity contribution in [3.8, 4) is 5.75 Å². The summed E-state index contributed by atoms with van der Waals surface area (Å²) in [5, 5.41) is 0. The molecule has 0 fully saturated rings. The summed E-state index contributed by atoms with van der Waals surface area (Å²) in [7, 11) is 0. The van der Waals surface area contributed by atoms with Crippen molar-refractivity contribution < 1.29 is 14.3 Å². The SMILES string of the molecule is CCCCOc1ccc(C(=O)CC(=O)CCCC)cc1. The summed E-state index contributed by atoms with van der Waals surface area (Å²) in [5.41, 5.74) is 0.581. The van der Waals surface area contributed by atoms with E-state index < -0.39 is 0 Å². The zero-order valence-corrected chi connectivity index (χ0v) is 12.5. The van der Waals surface area contributed by atoms with Gasteiger partial charge in [0.25, 0.3) is 0 Å². The molecule has 1 rings (SSSR count). The fraction of sp³-hybridized carbons (Fsp3) is 0.529. The van der Waals surface area contributed by atoms with Crippen LogP contribution in [0, 0.1) is 0 Å². The molecule has 1 aromatic carbocycles. The van der Waals surface area contributed by atoms with Gasteiger partial charge in [0, 0.05) is 12.0 Å². The molecular formula is C17H24O3. The molecule has 0 aliphatic carbocycles. The molecule has 1 aromatic rings. The van der Waals surface area contributed by atoms with Crippen LogP contribution in [-0.4, -0.2) is 18.2 Å². The minimum atomic E-state index is -0.105. The molecule has 0 amide bonds. The number of hydrogen-bond acceptors (Lipinski definition) is 3. The first-order valence-electron chi connectivity index (χ1n) is 7.45. The van der Waals surface area contributed by atoms with E-state index in [0.29, 0.717) is 18.6 Å². The molecule has 3 heteroatoms. The lowest BCUT2D eigenvalue weighted by Crippen LogP contribution is -2.08. The van der Waals surface area contributed by atoms with Gasteiger partial charge >= 0.3 is 0 Å². The summed E-state index contributed by atoms with van der Waals surface area (Å²) in [6.07, 6.45) is 4.46. The third-order valence-corrected chi connectivity index (χ3v) is 3.11. The van der Waals surface area contributed by atoms with Gasteiger partial charge in [0.1, 0.15) is 11.5 Å². The van der Waals surface area contributed by atoms with Crippen molar-refractivity contribution in [1.82, 2.24) is 0 Å². The zero-order valence-electron chi connectivity index (χ0n) is 12.5. The highest BCUT2D eigenvalue weighted by Crippen LogP contribution is 2.14. The topological polar surface area (TPSA) is 43.4 Å². The average molecular weight is 276 g/mol. The fourth-order valence-electron chi connectivity index (χ4n) is 1.81. The summed E-state index contributed by atoms with van der Waals surface area (Å²) in [6, 6.07) is 7.05. The lowest BCUT2D eigenvalue weighted by molar-refractivity contribution is -0.118. The van der Waals surface area contributed by atoms with Crippen molar-refractivity contribution in [1.29, 1.82) is 0 Å². The molecule has 0 radical (unpaired) electrons. The molecule has 0 heterocycles. The second-order valence-corrected chi connectivity index (χ2v) is 4.97. The van der Waals surface area contributed by atoms with Crippen molar-refractivity contribution in [2.75, 3.05) is 6.61 Å². The maximum absolute atomic E-state index is 11.9. The van der Waals surface area contributed by atoms with Crippen molar-refractivity contribution >= 4 is 11.6 Å². The molecule has 110 valence electrons. The van der Waals surface area contributed by atoms with E-state index in [4.69, 9.17) is 4.74 Å². The zero-order chi connectivity index (χ0) is 14.8. The minimum Gasteiger partial charge on any atom is -0.494 e. The number of hydrogen-bond donors (Lipinski definition) is 0. The van der Waals surface area contributed by atoms with Crippen LogP contribution in [0.5, 0.6) is 5.75 Å². The molecule has 0 saturated carbocycles. The molecule has 0 aliphatic rings. The molecule has 3 nitrogen and oxygen atoms in total. The molecule has 0 saturated heterocycles. The quantitative estimate of drug-likeness (QED) is 0.365. The van der Waals surface area contributed by atoms with E-state index >= 15 is 0 Å². The van der Waals surface area contributed by atoms with Crippen LogP contribution in [0.3, 0.4) is 0 Å². The predicted octanol–water partition coefficient (Wildman–Crippen LogP) is 4.20. The van der Waals surface area contributed by atoms with Crippen molar-refractivity contribution in [2.45, 2.75) is 52.4 Å². The molecule has 0 aromatic heterocycles. The Morgan fingerprint density at radius 1 is 1.00 bits per heavy atom. The van der Waals surface area contributed by atoms with Gasteiger partial charge in [0.15, 0.2) is 5.78 Å². The van der Waals surface area contributed by atoms with E-state index in [2.05, 4.69) is 6.92 Å². The van der Waals surface area contributed by atoms with E-state index in [0.717, 1.165) is 31.4 Å². The van der Waals surface area contributed by atoms with E-state index in [1.807, 2.05) is 6.92 Å². The van der Waals surface area contributed by atoms with Gasteiger partial charge in [0.2, 0.25) is 0 Å². The number of benzene rings is 1. The second-order valence-electron chi connectivity index (χ2n) is 4.97. The lowest BCUT2D eigenvalue weighted by atomic mass is 10.0. The molecule has 0 spiro atoms. The van der Waals surface area contributed by atoms with Gasteiger partial charge in [-0.3, -0.25) is 9.59 Å². The largest absolute Gasteiger partial charge is 0.494 e. The smallest absolute Gasteiger partial charge is 0.170 e. The minimum absolute atomic E-state index is 0.00996. The number of ketones is 2. The van der Waals surface area contributed by atoms with E-state index in [-0.39, 0.29) is 18.0 Å². The van der Waals surface area contributed by atoms with Crippen LogP contribution in [0.25, 0.3) is 0 Å². The Morgan fingerprint density at radius 3 is 2.25 bits per heavy atom. The average Bonchev–Trinajstić information content (AvgIpc) is 2.46. The standard InChI is InChI=1S/C17H24O3/c1-3-5-7-15(18)13-17(19)14-8-10-16(11-9-14)20-12-6-4-2/h8-11H,3-7,12-13H2,1-2H3. The van der Waals surface area contributed by atoms with Gasteiger partial charge < -0.3 is 4.74 Å². The Balaban J connectivity index is 2.46. The van der Waals surface area contributed by atoms with Gasteiger partial charge in [-0.05, 0) is 37.1 Å². The van der Waals surface area contributed by atoms with Gasteiger partial charge in [-0.25, -0.2) is 0 Å². The van der Waals surface area contributed by atoms with E-state index in [9.17, 15) is 9.59 Å². The Morgan fingerprint density at radius 2 is 1.65 bits per heavy atom. The van der Waals surface area contributed by atoms with Gasteiger partial charge in [-0.2, -0.15) is 0 Å². The summed E-state index contributed by atoms with van der Waals surface area (Å²) in [4.78, 5) is 23.5. The van der Waals surface area contributed by atoms with Crippen LogP contribution in [0.2, 0.25) is 0 Å². The first-order valence-corrected chi connectivity index (χ1v) is 7.45. The van der Waals surface area contributed by atoms with Crippen molar-refractivity contribution in [3.63, 3.8) is 0 Å². The number of carbonyl (C=O) groups is 2. The van der Waals surface area contributed by atoms with Crippen LogP contribution in [0.4, 0.5) is 0 Å². The summed E-state index contributed by atoms with van der Waals surface area (Å²) >= 11 is 0. The number of ether oxygens (including phenoxy) is 1. The molecule has 20 heavy (non-hydrogen) atoms. The Kier molecular flexibility index (Phi) is 7.63. The maximum Gasteiger partial charge on any atom is 0.170 e. The molecule has 0 aliphatic heterocycles. The predicted molar refractivity (Wildman–Crippen MR) is 80.3 cm³/mol. The highest BCUT2D eigenvalue weighted by molar-refractivity contribution is 6.07. The maximum atomic E-state index is 11.9. The molecular weight excluding hydrogens is 252 g/mol. The number of Topliss-reactive ketones (excluding diaryl/α,β-unsaturated/α-hetero) is 2. The number of rotatable bonds is 10. The van der Waals surface area contributed by atoms with Gasteiger partial charge in [0.05, 0.1) is 13.0 Å². The van der Waals surface area contributed by atoms with Gasteiger partial charge in [-0.1, -0.05) is 26.7 Å². The van der Waals surface area contributed by atoms with Crippen molar-refractivity contribution in [2.24, 2.45) is 0 Å². The van der Waals surface area contributed by atoms with Gasteiger partial charge in [-0.15, -0.1) is 0 Å². The Bertz CT molecular complexity index is 420. The fourth-order valence-corrected chi connectivity index (χ4v) is 1.81. The van der Waals surface area contributed by atoms with Crippen LogP contribution in [0.15, 0.2) is 24.3 Å². The van der Waals surface area contributed by atoms with Crippen LogP contribution < -0.4 is 4.74 Å². The molecule has 0 atom stereocenters.